The third-order valence-corrected chi connectivity index (χ3v) is 5.44. The van der Waals surface area contributed by atoms with Gasteiger partial charge < -0.3 is 5.32 Å². The molecular weight excluding hydrogens is 264 g/mol. The molecular formula is C17H24N2S. The molecule has 2 nitrogen and oxygen atoms in total. The van der Waals surface area contributed by atoms with E-state index in [9.17, 15) is 0 Å². The smallest absolute Gasteiger partial charge is 0.157 e. The van der Waals surface area contributed by atoms with Crippen LogP contribution in [-0.4, -0.2) is 22.5 Å². The third-order valence-electron chi connectivity index (χ3n) is 4.15. The van der Waals surface area contributed by atoms with Crippen molar-refractivity contribution in [1.29, 1.82) is 0 Å². The largest absolute Gasteiger partial charge is 0.360 e. The number of hydrogen-bond acceptors (Lipinski definition) is 3. The number of nitrogens with one attached hydrogen (secondary N) is 1. The van der Waals surface area contributed by atoms with Crippen LogP contribution in [0.15, 0.2) is 35.3 Å². The molecule has 3 heteroatoms. The lowest BCUT2D eigenvalue weighted by atomic mass is 9.95. The van der Waals surface area contributed by atoms with Gasteiger partial charge in [-0.15, -0.1) is 0 Å². The average Bonchev–Trinajstić information content (AvgIpc) is 3.19. The molecule has 0 spiro atoms. The first kappa shape index (κ1) is 14.0. The summed E-state index contributed by atoms with van der Waals surface area (Å²) in [6.07, 6.45) is 5.07. The topological polar surface area (TPSA) is 24.4 Å². The predicted molar refractivity (Wildman–Crippen MR) is 88.4 cm³/mol. The number of amidine groups is 1. The molecule has 1 aliphatic heterocycles. The molecule has 1 aromatic rings. The van der Waals surface area contributed by atoms with E-state index < -0.39 is 0 Å². The minimum atomic E-state index is 0.111. The van der Waals surface area contributed by atoms with Gasteiger partial charge in [-0.2, -0.15) is 0 Å². The quantitative estimate of drug-likeness (QED) is 0.889. The van der Waals surface area contributed by atoms with Crippen LogP contribution in [0.2, 0.25) is 0 Å². The Balaban J connectivity index is 1.48. The molecule has 0 aromatic heterocycles. The number of nitrogens with zero attached hydrogens (tertiary/aromatic N) is 1. The Bertz CT molecular complexity index is 477. The summed E-state index contributed by atoms with van der Waals surface area (Å²) in [5, 5.41) is 5.57. The molecule has 1 aliphatic carbocycles. The first-order valence-corrected chi connectivity index (χ1v) is 8.54. The van der Waals surface area contributed by atoms with Crippen LogP contribution in [-0.2, 0) is 6.42 Å². The number of hydrogen-bond donors (Lipinski definition) is 1. The summed E-state index contributed by atoms with van der Waals surface area (Å²) in [6.45, 7) is 5.58. The summed E-state index contributed by atoms with van der Waals surface area (Å²) >= 11 is 1.97. The fourth-order valence-corrected chi connectivity index (χ4v) is 4.01. The lowest BCUT2D eigenvalue weighted by Gasteiger charge is -2.27. The number of aryl methyl sites for hydroxylation is 1. The van der Waals surface area contributed by atoms with Crippen molar-refractivity contribution in [3.63, 3.8) is 0 Å². The van der Waals surface area contributed by atoms with Crippen LogP contribution < -0.4 is 5.32 Å². The van der Waals surface area contributed by atoms with Crippen LogP contribution in [0.1, 0.15) is 38.7 Å². The third kappa shape index (κ3) is 3.78. The second kappa shape index (κ2) is 5.80. The molecule has 3 rings (SSSR count). The number of rotatable bonds is 5. The lowest BCUT2D eigenvalue weighted by molar-refractivity contribution is 0.428. The van der Waals surface area contributed by atoms with Gasteiger partial charge in [0.25, 0.3) is 0 Å². The normalized spacial score (nSPS) is 22.7. The minimum absolute atomic E-state index is 0.111. The van der Waals surface area contributed by atoms with E-state index in [2.05, 4.69) is 54.5 Å². The summed E-state index contributed by atoms with van der Waals surface area (Å²) in [5.41, 5.74) is 1.53. The van der Waals surface area contributed by atoms with Crippen molar-refractivity contribution < 1.29 is 0 Å². The second-order valence-corrected chi connectivity index (χ2v) is 7.86. The van der Waals surface area contributed by atoms with Crippen molar-refractivity contribution >= 4 is 16.9 Å². The van der Waals surface area contributed by atoms with Crippen LogP contribution in [0.4, 0.5) is 0 Å². The molecule has 2 aliphatic rings. The second-order valence-electron chi connectivity index (χ2n) is 6.63. The highest BCUT2D eigenvalue weighted by Gasteiger charge is 2.36. The van der Waals surface area contributed by atoms with Crippen LogP contribution in [0, 0.1) is 5.92 Å². The first-order valence-electron chi connectivity index (χ1n) is 7.66. The Kier molecular flexibility index (Phi) is 4.06. The van der Waals surface area contributed by atoms with Gasteiger partial charge in [0.15, 0.2) is 5.17 Å². The SMILES string of the molecule is CC(C)(CCc1ccccc1)NC1=NCC(C2CC2)S1. The van der Waals surface area contributed by atoms with Gasteiger partial charge in [0.2, 0.25) is 0 Å². The molecule has 1 atom stereocenters. The van der Waals surface area contributed by atoms with Gasteiger partial charge in [-0.25, -0.2) is 0 Å². The van der Waals surface area contributed by atoms with E-state index in [1.165, 1.54) is 23.6 Å². The van der Waals surface area contributed by atoms with E-state index >= 15 is 0 Å². The summed E-state index contributed by atoms with van der Waals surface area (Å²) < 4.78 is 0. The highest BCUT2D eigenvalue weighted by Crippen LogP contribution is 2.41. The Morgan fingerprint density at radius 1 is 1.25 bits per heavy atom. The van der Waals surface area contributed by atoms with Gasteiger partial charge in [-0.05, 0) is 51.0 Å². The van der Waals surface area contributed by atoms with Crippen LogP contribution in [0.5, 0.6) is 0 Å². The van der Waals surface area contributed by atoms with Crippen molar-refractivity contribution in [2.45, 2.75) is 50.3 Å². The predicted octanol–water partition coefficient (Wildman–Crippen LogP) is 3.87. The van der Waals surface area contributed by atoms with Crippen molar-refractivity contribution in [2.75, 3.05) is 6.54 Å². The summed E-state index contributed by atoms with van der Waals surface area (Å²) in [7, 11) is 0. The fourth-order valence-electron chi connectivity index (χ4n) is 2.63. The van der Waals surface area contributed by atoms with Crippen molar-refractivity contribution in [3.8, 4) is 0 Å². The van der Waals surface area contributed by atoms with Gasteiger partial charge in [-0.3, -0.25) is 4.99 Å². The average molecular weight is 288 g/mol. The molecule has 1 saturated carbocycles. The van der Waals surface area contributed by atoms with E-state index in [0.717, 1.165) is 30.6 Å². The molecule has 0 amide bonds. The first-order chi connectivity index (χ1) is 9.62. The Labute approximate surface area is 126 Å². The molecule has 1 unspecified atom stereocenters. The number of benzene rings is 1. The molecule has 1 fully saturated rings. The molecule has 1 N–H and O–H groups in total. The monoisotopic (exact) mass is 288 g/mol. The number of thioether (sulfide) groups is 1. The van der Waals surface area contributed by atoms with Gasteiger partial charge in [0, 0.05) is 10.8 Å². The van der Waals surface area contributed by atoms with Crippen molar-refractivity contribution in [1.82, 2.24) is 5.32 Å². The summed E-state index contributed by atoms with van der Waals surface area (Å²) in [5.74, 6) is 0.940. The highest BCUT2D eigenvalue weighted by molar-refractivity contribution is 8.14. The minimum Gasteiger partial charge on any atom is -0.360 e. The van der Waals surface area contributed by atoms with E-state index in [0.29, 0.717) is 0 Å². The Hall–Kier alpha value is -0.960. The van der Waals surface area contributed by atoms with E-state index in [1.807, 2.05) is 11.8 Å². The van der Waals surface area contributed by atoms with Gasteiger partial charge >= 0.3 is 0 Å². The molecule has 20 heavy (non-hydrogen) atoms. The maximum Gasteiger partial charge on any atom is 0.157 e. The van der Waals surface area contributed by atoms with E-state index in [-0.39, 0.29) is 5.54 Å². The van der Waals surface area contributed by atoms with Crippen molar-refractivity contribution in [2.24, 2.45) is 10.9 Å². The zero-order valence-electron chi connectivity index (χ0n) is 12.4. The van der Waals surface area contributed by atoms with Crippen LogP contribution in [0.3, 0.4) is 0 Å². The summed E-state index contributed by atoms with van der Waals surface area (Å²) in [4.78, 5) is 4.69. The van der Waals surface area contributed by atoms with Gasteiger partial charge in [0.05, 0.1) is 6.54 Å². The van der Waals surface area contributed by atoms with E-state index in [1.54, 1.807) is 0 Å². The molecule has 0 radical (unpaired) electrons. The maximum absolute atomic E-state index is 4.69. The fraction of sp³-hybridized carbons (Fsp3) is 0.588. The van der Waals surface area contributed by atoms with Crippen LogP contribution >= 0.6 is 11.8 Å². The molecule has 0 saturated heterocycles. The molecule has 1 heterocycles. The maximum atomic E-state index is 4.69. The van der Waals surface area contributed by atoms with Gasteiger partial charge in [-0.1, -0.05) is 42.1 Å². The van der Waals surface area contributed by atoms with E-state index in [4.69, 9.17) is 0 Å². The standard InChI is InChI=1S/C17H24N2S/c1-17(2,11-10-13-6-4-3-5-7-13)19-16-18-12-15(20-16)14-8-9-14/h3-7,14-15H,8-12H2,1-2H3,(H,18,19). The molecule has 0 bridgehead atoms. The Morgan fingerprint density at radius 3 is 2.70 bits per heavy atom. The Morgan fingerprint density at radius 2 is 2.00 bits per heavy atom. The lowest BCUT2D eigenvalue weighted by Crippen LogP contribution is -2.42. The van der Waals surface area contributed by atoms with Gasteiger partial charge in [0.1, 0.15) is 0 Å². The van der Waals surface area contributed by atoms with Crippen molar-refractivity contribution in [3.05, 3.63) is 35.9 Å². The highest BCUT2D eigenvalue weighted by atomic mass is 32.2. The van der Waals surface area contributed by atoms with Crippen LogP contribution in [0.25, 0.3) is 0 Å². The molecule has 1 aromatic carbocycles. The summed E-state index contributed by atoms with van der Waals surface area (Å²) in [6, 6.07) is 10.7. The molecule has 108 valence electrons. The number of aliphatic imine (C=N–C) groups is 1. The zero-order chi connectivity index (χ0) is 14.0. The zero-order valence-corrected chi connectivity index (χ0v) is 13.2.